The lowest BCUT2D eigenvalue weighted by molar-refractivity contribution is -0.153. The van der Waals surface area contributed by atoms with Gasteiger partial charge in [0.25, 0.3) is 0 Å². The molecule has 0 aliphatic heterocycles. The van der Waals surface area contributed by atoms with Crippen molar-refractivity contribution in [3.63, 3.8) is 0 Å². The molecule has 19 heavy (non-hydrogen) atoms. The van der Waals surface area contributed by atoms with E-state index >= 15 is 0 Å². The van der Waals surface area contributed by atoms with Crippen LogP contribution in [-0.4, -0.2) is 30.1 Å². The molecule has 1 aliphatic rings. The van der Waals surface area contributed by atoms with E-state index in [9.17, 15) is 18.3 Å². The van der Waals surface area contributed by atoms with Crippen LogP contribution in [0.5, 0.6) is 11.5 Å². The fourth-order valence-corrected chi connectivity index (χ4v) is 1.77. The first-order valence-corrected chi connectivity index (χ1v) is 6.01. The SMILES string of the molecule is OC1(COc2cccc(OCC(F)(F)F)c2)CCC1. The molecule has 0 atom stereocenters. The van der Waals surface area contributed by atoms with Crippen LogP contribution >= 0.6 is 0 Å². The highest BCUT2D eigenvalue weighted by Gasteiger charge is 2.35. The van der Waals surface area contributed by atoms with Crippen LogP contribution in [0.1, 0.15) is 19.3 Å². The van der Waals surface area contributed by atoms with Crippen LogP contribution < -0.4 is 9.47 Å². The first-order valence-electron chi connectivity index (χ1n) is 6.01. The minimum absolute atomic E-state index is 0.0930. The maximum Gasteiger partial charge on any atom is 0.422 e. The molecule has 1 saturated carbocycles. The van der Waals surface area contributed by atoms with Crippen LogP contribution in [0, 0.1) is 0 Å². The molecular formula is C13H15F3O3. The Kier molecular flexibility index (Phi) is 3.89. The molecule has 1 N–H and O–H groups in total. The minimum Gasteiger partial charge on any atom is -0.490 e. The number of ether oxygens (including phenoxy) is 2. The second kappa shape index (κ2) is 5.28. The lowest BCUT2D eigenvalue weighted by atomic mass is 9.81. The Bertz CT molecular complexity index is 427. The van der Waals surface area contributed by atoms with Gasteiger partial charge in [0.2, 0.25) is 0 Å². The zero-order valence-electron chi connectivity index (χ0n) is 10.2. The summed E-state index contributed by atoms with van der Waals surface area (Å²) in [6.45, 7) is -1.18. The molecule has 2 rings (SSSR count). The molecular weight excluding hydrogens is 261 g/mol. The minimum atomic E-state index is -4.36. The van der Waals surface area contributed by atoms with Gasteiger partial charge >= 0.3 is 6.18 Å². The molecule has 0 aromatic heterocycles. The third kappa shape index (κ3) is 4.31. The quantitative estimate of drug-likeness (QED) is 0.898. The number of benzene rings is 1. The highest BCUT2D eigenvalue weighted by atomic mass is 19.4. The number of halogens is 3. The second-order valence-electron chi connectivity index (χ2n) is 4.75. The van der Waals surface area contributed by atoms with Crippen molar-refractivity contribution < 1.29 is 27.8 Å². The van der Waals surface area contributed by atoms with Gasteiger partial charge < -0.3 is 14.6 Å². The summed E-state index contributed by atoms with van der Waals surface area (Å²) in [5.74, 6) is 0.482. The number of alkyl halides is 3. The Morgan fingerprint density at radius 3 is 2.32 bits per heavy atom. The van der Waals surface area contributed by atoms with E-state index < -0.39 is 18.4 Å². The summed E-state index contributed by atoms with van der Waals surface area (Å²) < 4.78 is 46.0. The molecule has 0 saturated heterocycles. The first-order chi connectivity index (χ1) is 8.86. The van der Waals surface area contributed by atoms with Gasteiger partial charge in [-0.2, -0.15) is 13.2 Å². The van der Waals surface area contributed by atoms with Crippen LogP contribution in [0.3, 0.4) is 0 Å². The summed E-state index contributed by atoms with van der Waals surface area (Å²) in [4.78, 5) is 0. The van der Waals surface area contributed by atoms with Gasteiger partial charge in [-0.05, 0) is 31.4 Å². The Hall–Kier alpha value is -1.43. The van der Waals surface area contributed by atoms with E-state index in [4.69, 9.17) is 4.74 Å². The van der Waals surface area contributed by atoms with E-state index in [0.717, 1.165) is 6.42 Å². The lowest BCUT2D eigenvalue weighted by Gasteiger charge is -2.36. The van der Waals surface area contributed by atoms with E-state index in [1.807, 2.05) is 0 Å². The molecule has 1 fully saturated rings. The van der Waals surface area contributed by atoms with Crippen molar-refractivity contribution >= 4 is 0 Å². The first kappa shape index (κ1) is 14.0. The zero-order valence-corrected chi connectivity index (χ0v) is 10.2. The van der Waals surface area contributed by atoms with Crippen molar-refractivity contribution in [3.8, 4) is 11.5 Å². The van der Waals surface area contributed by atoms with Crippen molar-refractivity contribution in [3.05, 3.63) is 24.3 Å². The Morgan fingerprint density at radius 1 is 1.16 bits per heavy atom. The third-order valence-electron chi connectivity index (χ3n) is 3.00. The zero-order chi connectivity index (χ0) is 13.9. The summed E-state index contributed by atoms with van der Waals surface area (Å²) >= 11 is 0. The van der Waals surface area contributed by atoms with Gasteiger partial charge in [0.1, 0.15) is 18.1 Å². The molecule has 3 nitrogen and oxygen atoms in total. The molecule has 0 heterocycles. The van der Waals surface area contributed by atoms with Crippen molar-refractivity contribution in [2.24, 2.45) is 0 Å². The summed E-state index contributed by atoms with van der Waals surface area (Å²) in [5.41, 5.74) is -0.789. The average Bonchev–Trinajstić information content (AvgIpc) is 2.31. The van der Waals surface area contributed by atoms with E-state index in [1.165, 1.54) is 12.1 Å². The maximum absolute atomic E-state index is 12.0. The number of hydrogen-bond acceptors (Lipinski definition) is 3. The number of hydrogen-bond donors (Lipinski definition) is 1. The van der Waals surface area contributed by atoms with Crippen LogP contribution in [0.2, 0.25) is 0 Å². The van der Waals surface area contributed by atoms with E-state index in [1.54, 1.807) is 12.1 Å². The Morgan fingerprint density at radius 2 is 1.79 bits per heavy atom. The second-order valence-corrected chi connectivity index (χ2v) is 4.75. The molecule has 106 valence electrons. The molecule has 0 radical (unpaired) electrons. The molecule has 1 aliphatic carbocycles. The predicted octanol–water partition coefficient (Wildman–Crippen LogP) is 2.92. The van der Waals surface area contributed by atoms with Crippen LogP contribution in [0.4, 0.5) is 13.2 Å². The van der Waals surface area contributed by atoms with Crippen molar-refractivity contribution in [1.82, 2.24) is 0 Å². The van der Waals surface area contributed by atoms with Crippen LogP contribution in [-0.2, 0) is 0 Å². The van der Waals surface area contributed by atoms with Crippen LogP contribution in [0.15, 0.2) is 24.3 Å². The molecule has 0 unspecified atom stereocenters. The van der Waals surface area contributed by atoms with Gasteiger partial charge in [-0.15, -0.1) is 0 Å². The fourth-order valence-electron chi connectivity index (χ4n) is 1.77. The summed E-state index contributed by atoms with van der Waals surface area (Å²) in [6.07, 6.45) is -2.01. The molecule has 0 bridgehead atoms. The van der Waals surface area contributed by atoms with Crippen molar-refractivity contribution in [1.29, 1.82) is 0 Å². The normalized spacial score (nSPS) is 17.7. The monoisotopic (exact) mass is 276 g/mol. The van der Waals surface area contributed by atoms with E-state index in [-0.39, 0.29) is 12.4 Å². The topological polar surface area (TPSA) is 38.7 Å². The van der Waals surface area contributed by atoms with Gasteiger partial charge in [-0.1, -0.05) is 6.07 Å². The van der Waals surface area contributed by atoms with Crippen molar-refractivity contribution in [2.75, 3.05) is 13.2 Å². The standard InChI is InChI=1S/C13H15F3O3/c14-13(15,16)9-19-11-4-1-3-10(7-11)18-8-12(17)5-2-6-12/h1,3-4,7,17H,2,5-6,8-9H2. The smallest absolute Gasteiger partial charge is 0.422 e. The van der Waals surface area contributed by atoms with Gasteiger partial charge in [0.15, 0.2) is 6.61 Å². The van der Waals surface area contributed by atoms with Gasteiger partial charge in [0, 0.05) is 6.07 Å². The highest BCUT2D eigenvalue weighted by Crippen LogP contribution is 2.32. The Balaban J connectivity index is 1.87. The maximum atomic E-state index is 12.0. The number of rotatable bonds is 5. The van der Waals surface area contributed by atoms with Gasteiger partial charge in [-0.25, -0.2) is 0 Å². The van der Waals surface area contributed by atoms with Gasteiger partial charge in [-0.3, -0.25) is 0 Å². The molecule has 1 aromatic rings. The molecule has 0 amide bonds. The number of aliphatic hydroxyl groups is 1. The average molecular weight is 276 g/mol. The summed E-state index contributed by atoms with van der Waals surface area (Å²) in [7, 11) is 0. The summed E-state index contributed by atoms with van der Waals surface area (Å²) in [5, 5.41) is 9.85. The van der Waals surface area contributed by atoms with Gasteiger partial charge in [0.05, 0.1) is 5.60 Å². The third-order valence-corrected chi connectivity index (χ3v) is 3.00. The predicted molar refractivity (Wildman–Crippen MR) is 62.3 cm³/mol. The summed E-state index contributed by atoms with van der Waals surface area (Å²) in [6, 6.07) is 5.97. The van der Waals surface area contributed by atoms with Crippen molar-refractivity contribution in [2.45, 2.75) is 31.0 Å². The molecule has 0 spiro atoms. The van der Waals surface area contributed by atoms with E-state index in [2.05, 4.69) is 4.74 Å². The Labute approximate surface area is 108 Å². The van der Waals surface area contributed by atoms with E-state index in [0.29, 0.717) is 18.6 Å². The highest BCUT2D eigenvalue weighted by molar-refractivity contribution is 5.33. The molecule has 1 aromatic carbocycles. The molecule has 6 heteroatoms. The lowest BCUT2D eigenvalue weighted by Crippen LogP contribution is -2.42. The largest absolute Gasteiger partial charge is 0.490 e. The van der Waals surface area contributed by atoms with Crippen LogP contribution in [0.25, 0.3) is 0 Å². The fraction of sp³-hybridized carbons (Fsp3) is 0.538.